The molecule has 0 N–H and O–H groups in total. The van der Waals surface area contributed by atoms with Crippen LogP contribution in [-0.4, -0.2) is 4.98 Å². The van der Waals surface area contributed by atoms with Crippen molar-refractivity contribution in [3.8, 4) is 0 Å². The van der Waals surface area contributed by atoms with Gasteiger partial charge in [0.2, 0.25) is 5.52 Å². The van der Waals surface area contributed by atoms with E-state index in [1.54, 1.807) is 0 Å². The van der Waals surface area contributed by atoms with E-state index >= 15 is 0 Å². The Hall–Kier alpha value is -1.43. The van der Waals surface area contributed by atoms with Crippen molar-refractivity contribution in [2.75, 3.05) is 0 Å². The summed E-state index contributed by atoms with van der Waals surface area (Å²) < 4.78 is 61.3. The van der Waals surface area contributed by atoms with Crippen molar-refractivity contribution in [3.05, 3.63) is 36.7 Å². The molecule has 1 heterocycles. The zero-order valence-electron chi connectivity index (χ0n) is 9.07. The zero-order valence-corrected chi connectivity index (χ0v) is 9.97. The predicted octanol–water partition coefficient (Wildman–Crippen LogP) is 4.44. The van der Waals surface area contributed by atoms with E-state index < -0.39 is 7.81 Å². The molecular formula is C9H9F6N2P. The molecular weight excluding hydrogens is 281 g/mol. The molecule has 1 aromatic heterocycles. The Morgan fingerprint density at radius 2 is 1.50 bits per heavy atom. The van der Waals surface area contributed by atoms with Crippen LogP contribution < -0.4 is 4.57 Å². The summed E-state index contributed by atoms with van der Waals surface area (Å²) in [5.74, 6) is 0. The number of benzene rings is 1. The van der Waals surface area contributed by atoms with Crippen LogP contribution in [0, 0.1) is 0 Å². The summed E-state index contributed by atoms with van der Waals surface area (Å²) in [6.45, 7) is 0. The van der Waals surface area contributed by atoms with Crippen molar-refractivity contribution in [2.45, 2.75) is 0 Å². The second-order valence-electron chi connectivity index (χ2n) is 3.49. The van der Waals surface area contributed by atoms with Crippen molar-refractivity contribution in [1.82, 2.24) is 4.98 Å². The molecule has 0 aliphatic carbocycles. The van der Waals surface area contributed by atoms with E-state index in [-0.39, 0.29) is 0 Å². The van der Waals surface area contributed by atoms with Crippen LogP contribution in [0.2, 0.25) is 0 Å². The number of nitrogens with zero attached hydrogens (tertiary/aromatic N) is 2. The first-order chi connectivity index (χ1) is 7.83. The van der Waals surface area contributed by atoms with Crippen molar-refractivity contribution in [3.63, 3.8) is 0 Å². The Labute approximate surface area is 98.1 Å². The third-order valence-electron chi connectivity index (χ3n) is 1.77. The van der Waals surface area contributed by atoms with Crippen LogP contribution in [0.3, 0.4) is 0 Å². The van der Waals surface area contributed by atoms with Gasteiger partial charge in [-0.05, 0) is 6.07 Å². The van der Waals surface area contributed by atoms with Crippen molar-refractivity contribution >= 4 is 18.8 Å². The summed E-state index contributed by atoms with van der Waals surface area (Å²) in [5, 5.41) is 0. The van der Waals surface area contributed by atoms with E-state index in [9.17, 15) is 25.2 Å². The van der Waals surface area contributed by atoms with Crippen molar-refractivity contribution in [2.24, 2.45) is 7.05 Å². The topological polar surface area (TPSA) is 16.8 Å². The van der Waals surface area contributed by atoms with E-state index in [4.69, 9.17) is 0 Å². The fourth-order valence-electron chi connectivity index (χ4n) is 1.17. The fourth-order valence-corrected chi connectivity index (χ4v) is 1.17. The standard InChI is InChI=1S/C9H9N2.F6P/c1-11-7-6-10-8-4-2-3-5-9(8)11;1-7(2,3,4,5)6/h2-7H,1H3;/q+1;-1. The number of hydrogen-bond acceptors (Lipinski definition) is 1. The second-order valence-corrected chi connectivity index (χ2v) is 5.40. The van der Waals surface area contributed by atoms with Gasteiger partial charge in [-0.2, -0.15) is 4.57 Å². The van der Waals surface area contributed by atoms with Crippen molar-refractivity contribution < 1.29 is 29.7 Å². The van der Waals surface area contributed by atoms with Gasteiger partial charge in [-0.3, -0.25) is 0 Å². The van der Waals surface area contributed by atoms with Gasteiger partial charge in [0.25, 0.3) is 0 Å². The summed E-state index contributed by atoms with van der Waals surface area (Å²) in [5.41, 5.74) is 2.20. The molecule has 18 heavy (non-hydrogen) atoms. The molecule has 0 unspecified atom stereocenters. The van der Waals surface area contributed by atoms with E-state index in [1.165, 1.54) is 0 Å². The Kier molecular flexibility index (Phi) is 3.07. The quantitative estimate of drug-likeness (QED) is 0.398. The summed E-state index contributed by atoms with van der Waals surface area (Å²) >= 11 is 0. The molecule has 0 fully saturated rings. The average molecular weight is 290 g/mol. The third kappa shape index (κ3) is 7.01. The second kappa shape index (κ2) is 3.78. The fraction of sp³-hybridized carbons (Fsp3) is 0.111. The monoisotopic (exact) mass is 290 g/mol. The maximum absolute atomic E-state index is 10.7. The Morgan fingerprint density at radius 3 is 2.00 bits per heavy atom. The normalized spacial score (nSPS) is 15.3. The van der Waals surface area contributed by atoms with Crippen LogP contribution >= 0.6 is 7.81 Å². The first-order valence-corrected chi connectivity index (χ1v) is 6.61. The summed E-state index contributed by atoms with van der Waals surface area (Å²) in [4.78, 5) is 4.22. The van der Waals surface area contributed by atoms with Crippen LogP contribution in [0.1, 0.15) is 0 Å². The molecule has 9 heteroatoms. The van der Waals surface area contributed by atoms with E-state index in [1.807, 2.05) is 37.6 Å². The molecule has 102 valence electrons. The molecule has 0 saturated heterocycles. The minimum absolute atomic E-state index is 1.04. The first-order valence-electron chi connectivity index (χ1n) is 4.59. The molecule has 0 aliphatic rings. The van der Waals surface area contributed by atoms with Gasteiger partial charge in [0, 0.05) is 6.07 Å². The van der Waals surface area contributed by atoms with E-state index in [0.717, 1.165) is 11.0 Å². The summed E-state index contributed by atoms with van der Waals surface area (Å²) in [6.07, 6.45) is 3.75. The predicted molar refractivity (Wildman–Crippen MR) is 56.5 cm³/mol. The van der Waals surface area contributed by atoms with Gasteiger partial charge in [0.15, 0.2) is 6.20 Å². The number of hydrogen-bond donors (Lipinski definition) is 0. The van der Waals surface area contributed by atoms with Gasteiger partial charge < -0.3 is 0 Å². The molecule has 2 aromatic rings. The van der Waals surface area contributed by atoms with Crippen LogP contribution in [0.25, 0.3) is 11.0 Å². The number of para-hydroxylation sites is 2. The zero-order chi connectivity index (χ0) is 14.1. The number of fused-ring (bicyclic) bond motifs is 1. The number of halogens is 6. The van der Waals surface area contributed by atoms with Gasteiger partial charge in [0.05, 0.1) is 6.20 Å². The number of aromatic nitrogens is 2. The number of aryl methyl sites for hydroxylation is 1. The molecule has 0 radical (unpaired) electrons. The third-order valence-corrected chi connectivity index (χ3v) is 1.77. The van der Waals surface area contributed by atoms with Gasteiger partial charge in [-0.25, -0.2) is 4.98 Å². The van der Waals surface area contributed by atoms with Crippen LogP contribution in [0.4, 0.5) is 25.2 Å². The molecule has 0 atom stereocenters. The SMILES string of the molecule is C[n+]1ccnc2ccccc21.F[P-](F)(F)(F)(F)F. The van der Waals surface area contributed by atoms with Crippen LogP contribution in [0.15, 0.2) is 36.7 Å². The Balaban J connectivity index is 0.000000203. The molecule has 0 aliphatic heterocycles. The average Bonchev–Trinajstić information content (AvgIpc) is 2.14. The van der Waals surface area contributed by atoms with E-state index in [0.29, 0.717) is 0 Å². The van der Waals surface area contributed by atoms with Gasteiger partial charge in [-0.1, -0.05) is 12.1 Å². The van der Waals surface area contributed by atoms with Gasteiger partial charge >= 0.3 is 33.0 Å². The van der Waals surface area contributed by atoms with Crippen LogP contribution in [0.5, 0.6) is 0 Å². The molecule has 0 amide bonds. The molecule has 0 bridgehead atoms. The minimum atomic E-state index is -10.7. The maximum atomic E-state index is 9.87. The van der Waals surface area contributed by atoms with Crippen molar-refractivity contribution in [1.29, 1.82) is 0 Å². The Morgan fingerprint density at radius 1 is 1.00 bits per heavy atom. The molecule has 0 spiro atoms. The summed E-state index contributed by atoms with van der Waals surface area (Å²) in [7, 11) is -8.64. The first kappa shape index (κ1) is 14.6. The van der Waals surface area contributed by atoms with Gasteiger partial charge in [0.1, 0.15) is 12.6 Å². The van der Waals surface area contributed by atoms with E-state index in [2.05, 4.69) is 15.6 Å². The molecule has 1 aromatic carbocycles. The molecule has 2 nitrogen and oxygen atoms in total. The number of rotatable bonds is 0. The molecule has 2 rings (SSSR count). The molecule has 0 saturated carbocycles. The van der Waals surface area contributed by atoms with Gasteiger partial charge in [-0.15, -0.1) is 0 Å². The summed E-state index contributed by atoms with van der Waals surface area (Å²) in [6, 6.07) is 8.08. The van der Waals surface area contributed by atoms with Crippen LogP contribution in [-0.2, 0) is 7.05 Å². The Bertz CT molecular complexity index is 549.